The molecule has 0 amide bonds. The normalized spacial score (nSPS) is 14.9. The Morgan fingerprint density at radius 3 is 2.50 bits per heavy atom. The highest BCUT2D eigenvalue weighted by molar-refractivity contribution is 7.89. The summed E-state index contributed by atoms with van der Waals surface area (Å²) in [5, 5.41) is 0.124. The Morgan fingerprint density at radius 1 is 1.18 bits per heavy atom. The Morgan fingerprint density at radius 2 is 1.86 bits per heavy atom. The molecule has 120 valence electrons. The van der Waals surface area contributed by atoms with Crippen LogP contribution in [0.3, 0.4) is 0 Å². The molecular weight excluding hydrogens is 306 g/mol. The molecule has 0 aliphatic heterocycles. The first-order valence-electron chi connectivity index (χ1n) is 7.03. The van der Waals surface area contributed by atoms with Crippen LogP contribution in [0, 0.1) is 5.92 Å². The standard InChI is InChI=1S/C14H19N3O4S/c1-4-8(2)9(3)17-22(20,21)10-5-6-12-11(7-10)13(18)16-14(19)15-12/h5-9,17H,4H2,1-3H3,(H2,15,16,18,19). The van der Waals surface area contributed by atoms with Crippen LogP contribution in [-0.4, -0.2) is 24.4 Å². The zero-order chi connectivity index (χ0) is 16.5. The summed E-state index contributed by atoms with van der Waals surface area (Å²) >= 11 is 0. The Balaban J connectivity index is 2.46. The lowest BCUT2D eigenvalue weighted by Gasteiger charge is -2.19. The minimum atomic E-state index is -3.73. The highest BCUT2D eigenvalue weighted by Gasteiger charge is 2.21. The van der Waals surface area contributed by atoms with Gasteiger partial charge in [0.05, 0.1) is 15.8 Å². The molecular formula is C14H19N3O4S. The van der Waals surface area contributed by atoms with E-state index in [0.717, 1.165) is 6.42 Å². The molecule has 0 fully saturated rings. The predicted octanol–water partition coefficient (Wildman–Crippen LogP) is 0.929. The maximum Gasteiger partial charge on any atom is 0.326 e. The lowest BCUT2D eigenvalue weighted by molar-refractivity contribution is 0.434. The molecule has 1 aromatic carbocycles. The first kappa shape index (κ1) is 16.4. The molecule has 0 saturated heterocycles. The van der Waals surface area contributed by atoms with Crippen LogP contribution in [0.1, 0.15) is 27.2 Å². The maximum atomic E-state index is 12.4. The lowest BCUT2D eigenvalue weighted by Crippen LogP contribution is -2.36. The van der Waals surface area contributed by atoms with Crippen molar-refractivity contribution in [1.29, 1.82) is 0 Å². The Labute approximate surface area is 127 Å². The molecule has 8 heteroatoms. The van der Waals surface area contributed by atoms with Crippen molar-refractivity contribution in [3.8, 4) is 0 Å². The van der Waals surface area contributed by atoms with Gasteiger partial charge in [-0.15, -0.1) is 0 Å². The Bertz CT molecular complexity index is 898. The SMILES string of the molecule is CCC(C)C(C)NS(=O)(=O)c1ccc2[nH]c(=O)[nH]c(=O)c2c1. The smallest absolute Gasteiger partial charge is 0.307 e. The van der Waals surface area contributed by atoms with Crippen molar-refractivity contribution in [2.45, 2.75) is 38.1 Å². The maximum absolute atomic E-state index is 12.4. The van der Waals surface area contributed by atoms with E-state index >= 15 is 0 Å². The van der Waals surface area contributed by atoms with E-state index in [1.807, 2.05) is 13.8 Å². The molecule has 0 bridgehead atoms. The Kier molecular flexibility index (Phi) is 4.52. The molecule has 0 aliphatic rings. The van der Waals surface area contributed by atoms with Crippen molar-refractivity contribution in [3.63, 3.8) is 0 Å². The van der Waals surface area contributed by atoms with Crippen LogP contribution in [0.4, 0.5) is 0 Å². The summed E-state index contributed by atoms with van der Waals surface area (Å²) in [6, 6.07) is 3.81. The van der Waals surface area contributed by atoms with Gasteiger partial charge in [-0.05, 0) is 31.0 Å². The molecule has 0 saturated carbocycles. The fourth-order valence-electron chi connectivity index (χ4n) is 2.09. The van der Waals surface area contributed by atoms with Gasteiger partial charge in [-0.2, -0.15) is 0 Å². The van der Waals surface area contributed by atoms with Gasteiger partial charge in [0.1, 0.15) is 0 Å². The number of aromatic nitrogens is 2. The van der Waals surface area contributed by atoms with Crippen molar-refractivity contribution >= 4 is 20.9 Å². The van der Waals surface area contributed by atoms with E-state index in [1.165, 1.54) is 18.2 Å². The van der Waals surface area contributed by atoms with E-state index in [4.69, 9.17) is 0 Å². The van der Waals surface area contributed by atoms with Gasteiger partial charge in [0.15, 0.2) is 0 Å². The highest BCUT2D eigenvalue weighted by Crippen LogP contribution is 2.16. The van der Waals surface area contributed by atoms with Crippen LogP contribution >= 0.6 is 0 Å². The van der Waals surface area contributed by atoms with Crippen molar-refractivity contribution in [1.82, 2.24) is 14.7 Å². The third kappa shape index (κ3) is 3.28. The summed E-state index contributed by atoms with van der Waals surface area (Å²) in [6.45, 7) is 5.75. The van der Waals surface area contributed by atoms with E-state index in [1.54, 1.807) is 6.92 Å². The second kappa shape index (κ2) is 6.05. The second-order valence-electron chi connectivity index (χ2n) is 5.41. The molecule has 0 aliphatic carbocycles. The van der Waals surface area contributed by atoms with Gasteiger partial charge in [0.25, 0.3) is 5.56 Å². The number of H-pyrrole nitrogens is 2. The number of hydrogen-bond donors (Lipinski definition) is 3. The molecule has 22 heavy (non-hydrogen) atoms. The average Bonchev–Trinajstić information content (AvgIpc) is 2.45. The molecule has 2 rings (SSSR count). The summed E-state index contributed by atoms with van der Waals surface area (Å²) in [6.07, 6.45) is 0.850. The van der Waals surface area contributed by atoms with Gasteiger partial charge >= 0.3 is 5.69 Å². The number of nitrogens with one attached hydrogen (secondary N) is 3. The lowest BCUT2D eigenvalue weighted by atomic mass is 10.0. The summed E-state index contributed by atoms with van der Waals surface area (Å²) in [5.41, 5.74) is -0.954. The minimum absolute atomic E-state index is 0.00676. The van der Waals surface area contributed by atoms with E-state index in [9.17, 15) is 18.0 Å². The van der Waals surface area contributed by atoms with Crippen LogP contribution in [0.15, 0.2) is 32.7 Å². The summed E-state index contributed by atoms with van der Waals surface area (Å²) in [4.78, 5) is 27.5. The van der Waals surface area contributed by atoms with E-state index < -0.39 is 21.3 Å². The average molecular weight is 325 g/mol. The van der Waals surface area contributed by atoms with Crippen LogP contribution < -0.4 is 16.0 Å². The van der Waals surface area contributed by atoms with Gasteiger partial charge in [-0.3, -0.25) is 9.78 Å². The van der Waals surface area contributed by atoms with Crippen LogP contribution in [0.25, 0.3) is 10.9 Å². The molecule has 0 spiro atoms. The quantitative estimate of drug-likeness (QED) is 0.759. The van der Waals surface area contributed by atoms with E-state index in [2.05, 4.69) is 14.7 Å². The van der Waals surface area contributed by atoms with Crippen LogP contribution in [0.2, 0.25) is 0 Å². The van der Waals surface area contributed by atoms with Gasteiger partial charge in [0, 0.05) is 6.04 Å². The third-order valence-corrected chi connectivity index (χ3v) is 5.42. The topological polar surface area (TPSA) is 112 Å². The zero-order valence-electron chi connectivity index (χ0n) is 12.6. The highest BCUT2D eigenvalue weighted by atomic mass is 32.2. The molecule has 2 aromatic rings. The second-order valence-corrected chi connectivity index (χ2v) is 7.13. The fraction of sp³-hybridized carbons (Fsp3) is 0.429. The van der Waals surface area contributed by atoms with Crippen LogP contribution in [0.5, 0.6) is 0 Å². The van der Waals surface area contributed by atoms with Gasteiger partial charge in [0.2, 0.25) is 10.0 Å². The number of sulfonamides is 1. The first-order valence-corrected chi connectivity index (χ1v) is 8.51. The number of benzene rings is 1. The van der Waals surface area contributed by atoms with E-state index in [0.29, 0.717) is 5.52 Å². The predicted molar refractivity (Wildman–Crippen MR) is 84.4 cm³/mol. The molecule has 1 aromatic heterocycles. The van der Waals surface area contributed by atoms with Crippen molar-refractivity contribution in [3.05, 3.63) is 39.0 Å². The third-order valence-electron chi connectivity index (χ3n) is 3.86. The molecule has 1 heterocycles. The largest absolute Gasteiger partial charge is 0.326 e. The summed E-state index contributed by atoms with van der Waals surface area (Å²) in [7, 11) is -3.73. The Hall–Kier alpha value is -1.93. The molecule has 2 unspecified atom stereocenters. The monoisotopic (exact) mass is 325 g/mol. The van der Waals surface area contributed by atoms with Crippen molar-refractivity contribution < 1.29 is 8.42 Å². The number of aromatic amines is 2. The fourth-order valence-corrected chi connectivity index (χ4v) is 3.47. The molecule has 7 nitrogen and oxygen atoms in total. The summed E-state index contributed by atoms with van der Waals surface area (Å²) in [5.74, 6) is 0.190. The van der Waals surface area contributed by atoms with Crippen LogP contribution in [-0.2, 0) is 10.0 Å². The van der Waals surface area contributed by atoms with Gasteiger partial charge in [-0.1, -0.05) is 20.3 Å². The van der Waals surface area contributed by atoms with Crippen molar-refractivity contribution in [2.24, 2.45) is 5.92 Å². The van der Waals surface area contributed by atoms with Gasteiger partial charge < -0.3 is 4.98 Å². The zero-order valence-corrected chi connectivity index (χ0v) is 13.5. The number of hydrogen-bond acceptors (Lipinski definition) is 4. The molecule has 2 atom stereocenters. The number of rotatable bonds is 5. The minimum Gasteiger partial charge on any atom is -0.307 e. The van der Waals surface area contributed by atoms with Crippen molar-refractivity contribution in [2.75, 3.05) is 0 Å². The van der Waals surface area contributed by atoms with Gasteiger partial charge in [-0.25, -0.2) is 17.9 Å². The number of fused-ring (bicyclic) bond motifs is 1. The van der Waals surface area contributed by atoms with E-state index in [-0.39, 0.29) is 22.2 Å². The first-order chi connectivity index (χ1) is 10.2. The molecule has 3 N–H and O–H groups in total. The summed E-state index contributed by atoms with van der Waals surface area (Å²) < 4.78 is 27.4. The molecule has 0 radical (unpaired) electrons.